The topological polar surface area (TPSA) is 94.2 Å². The smallest absolute Gasteiger partial charge is 0.251 e. The molecule has 1 heterocycles. The van der Waals surface area contributed by atoms with E-state index in [1.54, 1.807) is 31.2 Å². The number of nitrogens with one attached hydrogen (secondary N) is 1. The molecule has 3 rings (SSSR count). The zero-order chi connectivity index (χ0) is 22.6. The van der Waals surface area contributed by atoms with E-state index < -0.39 is 10.0 Å². The largest absolute Gasteiger partial charge is 0.493 e. The normalized spacial score (nSPS) is 14.3. The summed E-state index contributed by atoms with van der Waals surface area (Å²) in [6.07, 6.45) is 1.71. The van der Waals surface area contributed by atoms with Crippen molar-refractivity contribution in [1.29, 1.82) is 0 Å². The van der Waals surface area contributed by atoms with Crippen LogP contribution >= 0.6 is 0 Å². The molecule has 0 radical (unpaired) electrons. The molecule has 2 aromatic rings. The number of methoxy groups -OCH3 is 3. The molecule has 0 aliphatic carbocycles. The second-order valence-corrected chi connectivity index (χ2v) is 9.21. The third kappa shape index (κ3) is 4.77. The third-order valence-electron chi connectivity index (χ3n) is 5.31. The SMILES string of the molecule is COc1cc(CNC(=O)c2ccc(C)c(S(=O)(=O)N3CCCC3)c2)cc(OC)c1OC. The number of carbonyl (C=O) groups is 1. The van der Waals surface area contributed by atoms with Crippen LogP contribution in [0, 0.1) is 6.92 Å². The van der Waals surface area contributed by atoms with Gasteiger partial charge < -0.3 is 19.5 Å². The Balaban J connectivity index is 1.80. The van der Waals surface area contributed by atoms with Crippen LogP contribution in [-0.4, -0.2) is 53.0 Å². The fourth-order valence-corrected chi connectivity index (χ4v) is 5.38. The molecule has 2 aromatic carbocycles. The number of nitrogens with zero attached hydrogens (tertiary/aromatic N) is 1. The van der Waals surface area contributed by atoms with Gasteiger partial charge in [-0.1, -0.05) is 6.07 Å². The van der Waals surface area contributed by atoms with E-state index in [2.05, 4.69) is 5.32 Å². The number of hydrogen-bond donors (Lipinski definition) is 1. The molecule has 0 unspecified atom stereocenters. The van der Waals surface area contributed by atoms with Crippen molar-refractivity contribution in [2.75, 3.05) is 34.4 Å². The van der Waals surface area contributed by atoms with Gasteiger partial charge in [0.2, 0.25) is 15.8 Å². The first-order valence-corrected chi connectivity index (χ1v) is 11.4. The van der Waals surface area contributed by atoms with Gasteiger partial charge in [0.25, 0.3) is 5.91 Å². The minimum absolute atomic E-state index is 0.176. The molecule has 9 heteroatoms. The minimum atomic E-state index is -3.61. The molecule has 8 nitrogen and oxygen atoms in total. The molecule has 1 fully saturated rings. The summed E-state index contributed by atoms with van der Waals surface area (Å²) in [5.41, 5.74) is 1.66. The molecule has 31 heavy (non-hydrogen) atoms. The summed E-state index contributed by atoms with van der Waals surface area (Å²) in [6, 6.07) is 8.24. The van der Waals surface area contributed by atoms with E-state index in [1.165, 1.54) is 31.7 Å². The highest BCUT2D eigenvalue weighted by Crippen LogP contribution is 2.38. The molecule has 1 amide bonds. The molecule has 0 bridgehead atoms. The average molecular weight is 449 g/mol. The number of ether oxygens (including phenoxy) is 3. The van der Waals surface area contributed by atoms with Gasteiger partial charge in [0, 0.05) is 25.2 Å². The summed E-state index contributed by atoms with van der Waals surface area (Å²) in [5.74, 6) is 1.07. The summed E-state index contributed by atoms with van der Waals surface area (Å²) in [7, 11) is 0.953. The van der Waals surface area contributed by atoms with Crippen LogP contribution in [0.5, 0.6) is 17.2 Å². The third-order valence-corrected chi connectivity index (χ3v) is 7.35. The second kappa shape index (κ2) is 9.57. The number of rotatable bonds is 8. The number of carbonyl (C=O) groups excluding carboxylic acids is 1. The van der Waals surface area contributed by atoms with Crippen molar-refractivity contribution in [2.45, 2.75) is 31.2 Å². The lowest BCUT2D eigenvalue weighted by Gasteiger charge is -2.18. The maximum Gasteiger partial charge on any atom is 0.251 e. The summed E-state index contributed by atoms with van der Waals surface area (Å²) < 4.78 is 43.4. The van der Waals surface area contributed by atoms with Gasteiger partial charge in [-0.2, -0.15) is 4.31 Å². The van der Waals surface area contributed by atoms with Gasteiger partial charge in [-0.25, -0.2) is 8.42 Å². The summed E-state index contributed by atoms with van der Waals surface area (Å²) in [4.78, 5) is 12.9. The van der Waals surface area contributed by atoms with Crippen LogP contribution in [0.2, 0.25) is 0 Å². The molecular weight excluding hydrogens is 420 g/mol. The molecule has 0 saturated carbocycles. The van der Waals surface area contributed by atoms with Gasteiger partial charge in [-0.3, -0.25) is 4.79 Å². The Kier molecular flexibility index (Phi) is 7.07. The Labute approximate surface area is 183 Å². The van der Waals surface area contributed by atoms with E-state index >= 15 is 0 Å². The lowest BCUT2D eigenvalue weighted by atomic mass is 10.1. The van der Waals surface area contributed by atoms with Gasteiger partial charge in [0.15, 0.2) is 11.5 Å². The number of sulfonamides is 1. The van der Waals surface area contributed by atoms with Gasteiger partial charge >= 0.3 is 0 Å². The van der Waals surface area contributed by atoms with Crippen molar-refractivity contribution < 1.29 is 27.4 Å². The van der Waals surface area contributed by atoms with Crippen molar-refractivity contribution in [1.82, 2.24) is 9.62 Å². The van der Waals surface area contributed by atoms with E-state index in [-0.39, 0.29) is 22.9 Å². The molecule has 0 spiro atoms. The Bertz CT molecular complexity index is 1040. The first kappa shape index (κ1) is 22.9. The Morgan fingerprint density at radius 2 is 1.61 bits per heavy atom. The number of aryl methyl sites for hydroxylation is 1. The van der Waals surface area contributed by atoms with Crippen LogP contribution in [0.4, 0.5) is 0 Å². The van der Waals surface area contributed by atoms with Gasteiger partial charge in [0.1, 0.15) is 0 Å². The van der Waals surface area contributed by atoms with E-state index in [0.29, 0.717) is 35.9 Å². The van der Waals surface area contributed by atoms with Crippen LogP contribution in [0.1, 0.15) is 34.3 Å². The zero-order valence-corrected chi connectivity index (χ0v) is 19.0. The average Bonchev–Trinajstić information content (AvgIpc) is 3.32. The number of amides is 1. The van der Waals surface area contributed by atoms with Crippen molar-refractivity contribution in [3.05, 3.63) is 47.0 Å². The first-order chi connectivity index (χ1) is 14.8. The van der Waals surface area contributed by atoms with Crippen LogP contribution in [0.15, 0.2) is 35.2 Å². The molecule has 168 valence electrons. The minimum Gasteiger partial charge on any atom is -0.493 e. The highest BCUT2D eigenvalue weighted by Gasteiger charge is 2.29. The second-order valence-electron chi connectivity index (χ2n) is 7.31. The first-order valence-electron chi connectivity index (χ1n) is 9.99. The van der Waals surface area contributed by atoms with Crippen molar-refractivity contribution >= 4 is 15.9 Å². The van der Waals surface area contributed by atoms with E-state index in [1.807, 2.05) is 0 Å². The molecule has 1 aliphatic heterocycles. The maximum absolute atomic E-state index is 13.0. The molecular formula is C22H28N2O6S. The van der Waals surface area contributed by atoms with Gasteiger partial charge in [-0.15, -0.1) is 0 Å². The highest BCUT2D eigenvalue weighted by atomic mass is 32.2. The van der Waals surface area contributed by atoms with Crippen LogP contribution in [0.3, 0.4) is 0 Å². The molecule has 0 atom stereocenters. The Hall–Kier alpha value is -2.78. The summed E-state index contributed by atoms with van der Waals surface area (Å²) in [6.45, 7) is 2.97. The molecule has 1 saturated heterocycles. The Morgan fingerprint density at radius 3 is 2.16 bits per heavy atom. The van der Waals surface area contributed by atoms with Gasteiger partial charge in [-0.05, 0) is 55.2 Å². The standard InChI is InChI=1S/C22H28N2O6S/c1-15-7-8-17(13-20(15)31(26,27)24-9-5-6-10-24)22(25)23-14-16-11-18(28-2)21(30-4)19(12-16)29-3/h7-8,11-13H,5-6,9-10,14H2,1-4H3,(H,23,25). The predicted molar refractivity (Wildman–Crippen MR) is 116 cm³/mol. The zero-order valence-electron chi connectivity index (χ0n) is 18.2. The fraction of sp³-hybridized carbons (Fsp3) is 0.409. The van der Waals surface area contributed by atoms with E-state index in [9.17, 15) is 13.2 Å². The predicted octanol–water partition coefficient (Wildman–Crippen LogP) is 2.74. The van der Waals surface area contributed by atoms with Crippen LogP contribution in [-0.2, 0) is 16.6 Å². The number of hydrogen-bond acceptors (Lipinski definition) is 6. The molecule has 1 aliphatic rings. The lowest BCUT2D eigenvalue weighted by molar-refractivity contribution is 0.0950. The molecule has 0 aromatic heterocycles. The summed E-state index contributed by atoms with van der Waals surface area (Å²) in [5, 5.41) is 2.82. The highest BCUT2D eigenvalue weighted by molar-refractivity contribution is 7.89. The maximum atomic E-state index is 13.0. The van der Waals surface area contributed by atoms with E-state index in [4.69, 9.17) is 14.2 Å². The van der Waals surface area contributed by atoms with Crippen LogP contribution in [0.25, 0.3) is 0 Å². The summed E-state index contributed by atoms with van der Waals surface area (Å²) >= 11 is 0. The monoisotopic (exact) mass is 448 g/mol. The van der Waals surface area contributed by atoms with E-state index in [0.717, 1.165) is 18.4 Å². The van der Waals surface area contributed by atoms with Crippen LogP contribution < -0.4 is 19.5 Å². The fourth-order valence-electron chi connectivity index (χ4n) is 3.61. The quantitative estimate of drug-likeness (QED) is 0.667. The van der Waals surface area contributed by atoms with Crippen molar-refractivity contribution in [3.63, 3.8) is 0 Å². The van der Waals surface area contributed by atoms with Gasteiger partial charge in [0.05, 0.1) is 26.2 Å². The Morgan fingerprint density at radius 1 is 1.00 bits per heavy atom. The molecule has 1 N–H and O–H groups in total. The van der Waals surface area contributed by atoms with Crippen molar-refractivity contribution in [3.8, 4) is 17.2 Å². The lowest BCUT2D eigenvalue weighted by Crippen LogP contribution is -2.29. The number of benzene rings is 2. The van der Waals surface area contributed by atoms with Crippen molar-refractivity contribution in [2.24, 2.45) is 0 Å².